The topological polar surface area (TPSA) is 84.9 Å². The fourth-order valence-corrected chi connectivity index (χ4v) is 0.876. The first-order valence-electron chi connectivity index (χ1n) is 5.34. The summed E-state index contributed by atoms with van der Waals surface area (Å²) in [6, 6.07) is 0. The van der Waals surface area contributed by atoms with Gasteiger partial charge in [0.1, 0.15) is 6.29 Å². The van der Waals surface area contributed by atoms with Crippen molar-refractivity contribution in [3.63, 3.8) is 0 Å². The third-order valence-electron chi connectivity index (χ3n) is 1.66. The van der Waals surface area contributed by atoms with Crippen LogP contribution in [-0.2, 0) is 14.3 Å². The Balaban J connectivity index is -0.000000187. The van der Waals surface area contributed by atoms with Gasteiger partial charge in [-0.05, 0) is 6.42 Å². The van der Waals surface area contributed by atoms with Crippen LogP contribution in [0.25, 0.3) is 0 Å². The van der Waals surface area contributed by atoms with Gasteiger partial charge >= 0.3 is 6.09 Å². The number of rotatable bonds is 10. The Labute approximate surface area is 124 Å². The quantitative estimate of drug-likeness (QED) is 0.478. The number of aldehydes is 1. The number of amides is 1. The maximum atomic E-state index is 10.9. The van der Waals surface area contributed by atoms with E-state index < -0.39 is 6.09 Å². The zero-order valence-electron chi connectivity index (χ0n) is 9.31. The second-order valence-corrected chi connectivity index (χ2v) is 3.06. The number of hydrogen-bond acceptors (Lipinski definition) is 5. The molecule has 0 saturated heterocycles. The summed E-state index contributed by atoms with van der Waals surface area (Å²) in [6.07, 6.45) is 1.97. The minimum atomic E-state index is -0.509. The molecule has 0 aliphatic carbocycles. The summed E-state index contributed by atoms with van der Waals surface area (Å²) >= 11 is 0. The highest BCUT2D eigenvalue weighted by Crippen LogP contribution is 1.86. The van der Waals surface area contributed by atoms with Gasteiger partial charge in [-0.15, -0.1) is 0 Å². The molecule has 0 unspecified atom stereocenters. The lowest BCUT2D eigenvalue weighted by Gasteiger charge is -2.06. The third kappa shape index (κ3) is 25.6. The van der Waals surface area contributed by atoms with E-state index in [1.165, 1.54) is 0 Å². The van der Waals surface area contributed by atoms with E-state index in [2.05, 4.69) is 5.32 Å². The summed E-state index contributed by atoms with van der Waals surface area (Å²) in [6.45, 7) is 1.50. The van der Waals surface area contributed by atoms with Crippen molar-refractivity contribution in [3.05, 3.63) is 0 Å². The number of nitrogens with one attached hydrogen (secondary N) is 1. The molecular weight excluding hydrogens is 262 g/mol. The van der Waals surface area contributed by atoms with E-state index in [9.17, 15) is 9.59 Å². The first-order valence-corrected chi connectivity index (χ1v) is 5.34. The number of hydrogen-bond donors (Lipinski definition) is 2. The van der Waals surface area contributed by atoms with Crippen LogP contribution in [-0.4, -0.2) is 50.5 Å². The Morgan fingerprint density at radius 1 is 1.05 bits per heavy atom. The number of aliphatic hydroxyl groups excluding tert-OH is 1. The summed E-state index contributed by atoms with van der Waals surface area (Å²) in [5.41, 5.74) is 0. The average Bonchev–Trinajstić information content (AvgIpc) is 2.28. The Bertz CT molecular complexity index is 188. The van der Waals surface area contributed by atoms with Crippen molar-refractivity contribution < 1.29 is 24.2 Å². The van der Waals surface area contributed by atoms with Gasteiger partial charge in [0.25, 0.3) is 0 Å². The molecule has 0 spiro atoms. The second kappa shape index (κ2) is 26.4. The van der Waals surface area contributed by atoms with Crippen molar-refractivity contribution >= 4 is 12.4 Å². The molecule has 0 saturated carbocycles. The molecular formula is C14H35NO5. The van der Waals surface area contributed by atoms with Crippen molar-refractivity contribution in [2.24, 2.45) is 0 Å². The maximum Gasteiger partial charge on any atom is 0.407 e. The van der Waals surface area contributed by atoms with Crippen molar-refractivity contribution in [3.8, 4) is 0 Å². The Morgan fingerprint density at radius 2 is 1.70 bits per heavy atom. The number of aliphatic hydroxyl groups is 1. The molecule has 0 atom stereocenters. The van der Waals surface area contributed by atoms with E-state index in [0.717, 1.165) is 6.29 Å². The van der Waals surface area contributed by atoms with Gasteiger partial charge in [-0.25, -0.2) is 4.79 Å². The van der Waals surface area contributed by atoms with Crippen LogP contribution in [0.15, 0.2) is 0 Å². The van der Waals surface area contributed by atoms with Crippen molar-refractivity contribution in [1.29, 1.82) is 0 Å². The summed E-state index contributed by atoms with van der Waals surface area (Å²) in [5.74, 6) is 0. The highest BCUT2D eigenvalue weighted by Gasteiger charge is 1.99. The molecule has 0 radical (unpaired) electrons. The molecule has 0 fully saturated rings. The number of carbonyl (C=O) groups excluding carboxylic acids is 2. The van der Waals surface area contributed by atoms with E-state index in [4.69, 9.17) is 14.6 Å². The molecule has 0 bridgehead atoms. The number of carbonyl (C=O) groups is 2. The van der Waals surface area contributed by atoms with Crippen LogP contribution in [0.4, 0.5) is 4.79 Å². The third-order valence-corrected chi connectivity index (χ3v) is 1.66. The SMILES string of the molecule is C.C.C.C.O=CCCCOCCNC(=O)OCCCO. The maximum absolute atomic E-state index is 10.9. The zero-order valence-corrected chi connectivity index (χ0v) is 9.31. The molecule has 0 aliphatic heterocycles. The van der Waals surface area contributed by atoms with Crippen LogP contribution in [0.2, 0.25) is 0 Å². The van der Waals surface area contributed by atoms with E-state index in [1.807, 2.05) is 0 Å². The zero-order chi connectivity index (χ0) is 12.1. The van der Waals surface area contributed by atoms with Crippen LogP contribution in [0.3, 0.4) is 0 Å². The number of alkyl carbamates (subject to hydrolysis) is 1. The van der Waals surface area contributed by atoms with Gasteiger partial charge in [-0.1, -0.05) is 29.7 Å². The lowest BCUT2D eigenvalue weighted by atomic mass is 10.3. The number of ether oxygens (including phenoxy) is 2. The lowest BCUT2D eigenvalue weighted by molar-refractivity contribution is -0.108. The van der Waals surface area contributed by atoms with Gasteiger partial charge in [-0.3, -0.25) is 0 Å². The standard InChI is InChI=1S/C10H19NO5.4CH4/c12-5-1-2-7-15-9-4-11-10(14)16-8-3-6-13;;;;/h5,13H,1-4,6-9H2,(H,11,14);4*1H4. The van der Waals surface area contributed by atoms with Crippen LogP contribution >= 0.6 is 0 Å². The van der Waals surface area contributed by atoms with E-state index in [0.29, 0.717) is 39.0 Å². The van der Waals surface area contributed by atoms with Gasteiger partial charge in [0.2, 0.25) is 0 Å². The van der Waals surface area contributed by atoms with E-state index in [-0.39, 0.29) is 42.9 Å². The van der Waals surface area contributed by atoms with Crippen molar-refractivity contribution in [1.82, 2.24) is 5.32 Å². The normalized spacial score (nSPS) is 7.85. The van der Waals surface area contributed by atoms with Gasteiger partial charge < -0.3 is 24.7 Å². The molecule has 0 aromatic heterocycles. The lowest BCUT2D eigenvalue weighted by Crippen LogP contribution is -2.28. The molecule has 0 rings (SSSR count). The van der Waals surface area contributed by atoms with Gasteiger partial charge in [0.05, 0.1) is 13.2 Å². The van der Waals surface area contributed by atoms with Crippen molar-refractivity contribution in [2.75, 3.05) is 33.0 Å². The summed E-state index contributed by atoms with van der Waals surface area (Å²) in [4.78, 5) is 20.9. The Hall–Kier alpha value is -1.14. The van der Waals surface area contributed by atoms with E-state index in [1.54, 1.807) is 0 Å². The second-order valence-electron chi connectivity index (χ2n) is 3.06. The van der Waals surface area contributed by atoms with Crippen LogP contribution in [0.1, 0.15) is 49.0 Å². The van der Waals surface area contributed by atoms with E-state index >= 15 is 0 Å². The molecule has 6 nitrogen and oxygen atoms in total. The van der Waals surface area contributed by atoms with Gasteiger partial charge in [0, 0.05) is 32.6 Å². The minimum absolute atomic E-state index is 0. The highest BCUT2D eigenvalue weighted by atomic mass is 16.5. The smallest absolute Gasteiger partial charge is 0.407 e. The minimum Gasteiger partial charge on any atom is -0.449 e. The molecule has 1 amide bonds. The fourth-order valence-electron chi connectivity index (χ4n) is 0.876. The Morgan fingerprint density at radius 3 is 2.25 bits per heavy atom. The van der Waals surface area contributed by atoms with Crippen LogP contribution in [0.5, 0.6) is 0 Å². The Kier molecular flexibility index (Phi) is 41.4. The monoisotopic (exact) mass is 297 g/mol. The van der Waals surface area contributed by atoms with Crippen LogP contribution < -0.4 is 5.32 Å². The summed E-state index contributed by atoms with van der Waals surface area (Å²) < 4.78 is 9.86. The van der Waals surface area contributed by atoms with Crippen molar-refractivity contribution in [2.45, 2.75) is 49.0 Å². The molecule has 0 aromatic carbocycles. The average molecular weight is 297 g/mol. The largest absolute Gasteiger partial charge is 0.449 e. The van der Waals surface area contributed by atoms with Crippen LogP contribution in [0, 0.1) is 0 Å². The van der Waals surface area contributed by atoms with Gasteiger partial charge in [0.15, 0.2) is 0 Å². The first kappa shape index (κ1) is 31.3. The molecule has 0 aliphatic rings. The molecule has 2 N–H and O–H groups in total. The molecule has 0 heterocycles. The molecule has 6 heteroatoms. The highest BCUT2D eigenvalue weighted by molar-refractivity contribution is 5.66. The first-order chi connectivity index (χ1) is 7.81. The molecule has 0 aromatic rings. The molecule has 126 valence electrons. The van der Waals surface area contributed by atoms with Gasteiger partial charge in [-0.2, -0.15) is 0 Å². The molecule has 20 heavy (non-hydrogen) atoms. The summed E-state index contributed by atoms with van der Waals surface area (Å²) in [7, 11) is 0. The predicted molar refractivity (Wildman–Crippen MR) is 84.1 cm³/mol. The predicted octanol–water partition coefficient (Wildman–Crippen LogP) is 2.64. The number of unbranched alkanes of at least 4 members (excludes halogenated alkanes) is 1. The fraction of sp³-hybridized carbons (Fsp3) is 0.857. The summed E-state index contributed by atoms with van der Waals surface area (Å²) in [5, 5.41) is 10.9.